The van der Waals surface area contributed by atoms with E-state index in [1.165, 1.54) is 50.1 Å². The van der Waals surface area contributed by atoms with Crippen molar-refractivity contribution in [2.75, 3.05) is 5.32 Å². The second-order valence-corrected chi connectivity index (χ2v) is 11.6. The van der Waals surface area contributed by atoms with Crippen LogP contribution in [-0.2, 0) is 5.41 Å². The second kappa shape index (κ2) is 10.4. The summed E-state index contributed by atoms with van der Waals surface area (Å²) >= 11 is 0. The zero-order valence-corrected chi connectivity index (χ0v) is 24.1. The van der Waals surface area contributed by atoms with Gasteiger partial charge in [-0.1, -0.05) is 142 Å². The molecule has 0 aliphatic heterocycles. The van der Waals surface area contributed by atoms with Crippen LogP contribution < -0.4 is 5.32 Å². The molecule has 0 saturated heterocycles. The number of fused-ring (bicyclic) bond motifs is 3. The summed E-state index contributed by atoms with van der Waals surface area (Å²) in [5.74, 6) is 0. The molecule has 0 amide bonds. The van der Waals surface area contributed by atoms with Crippen molar-refractivity contribution >= 4 is 16.9 Å². The third-order valence-corrected chi connectivity index (χ3v) is 8.67. The molecule has 1 aliphatic rings. The molecule has 6 aromatic rings. The molecule has 0 saturated carbocycles. The quantitative estimate of drug-likeness (QED) is 0.222. The molecule has 42 heavy (non-hydrogen) atoms. The minimum Gasteiger partial charge on any atom is -0.355 e. The Morgan fingerprint density at radius 2 is 1.07 bits per heavy atom. The van der Waals surface area contributed by atoms with E-state index in [2.05, 4.69) is 165 Å². The van der Waals surface area contributed by atoms with Gasteiger partial charge >= 0.3 is 0 Å². The van der Waals surface area contributed by atoms with Crippen molar-refractivity contribution in [3.8, 4) is 33.4 Å². The molecule has 202 valence electrons. The van der Waals surface area contributed by atoms with E-state index in [0.717, 1.165) is 22.5 Å². The minimum atomic E-state index is -0.0171. The molecule has 0 fully saturated rings. The number of hydrogen-bond donors (Lipinski definition) is 1. The molecule has 1 heteroatoms. The molecule has 7 rings (SSSR count). The van der Waals surface area contributed by atoms with E-state index < -0.39 is 0 Å². The molecule has 0 atom stereocenters. The normalized spacial score (nSPS) is 12.8. The fourth-order valence-electron chi connectivity index (χ4n) is 6.29. The zero-order chi connectivity index (χ0) is 28.7. The van der Waals surface area contributed by atoms with Gasteiger partial charge in [-0.3, -0.25) is 0 Å². The van der Waals surface area contributed by atoms with Gasteiger partial charge in [-0.2, -0.15) is 0 Å². The maximum Gasteiger partial charge on any atom is 0.0463 e. The third kappa shape index (κ3) is 4.54. The van der Waals surface area contributed by atoms with E-state index >= 15 is 0 Å². The summed E-state index contributed by atoms with van der Waals surface area (Å²) in [5, 5.41) is 3.61. The Morgan fingerprint density at radius 3 is 1.81 bits per heavy atom. The Balaban J connectivity index is 1.09. The van der Waals surface area contributed by atoms with E-state index in [1.54, 1.807) is 0 Å². The van der Waals surface area contributed by atoms with Crippen molar-refractivity contribution in [2.45, 2.75) is 19.3 Å². The Kier molecular flexibility index (Phi) is 6.36. The SMILES string of the molecule is C=C(c1ccc(-c2ccc(Nc3ccccc3-c3ccccc3)cc2)cc1)c1ccc2c(c1)C(C)(C)c1ccccc1-2. The van der Waals surface area contributed by atoms with Gasteiger partial charge in [0.05, 0.1) is 0 Å². The molecule has 0 aromatic heterocycles. The van der Waals surface area contributed by atoms with Gasteiger partial charge in [0.25, 0.3) is 0 Å². The van der Waals surface area contributed by atoms with Gasteiger partial charge in [-0.05, 0) is 79.9 Å². The molecule has 0 bridgehead atoms. The van der Waals surface area contributed by atoms with Crippen LogP contribution in [0.5, 0.6) is 0 Å². The second-order valence-electron chi connectivity index (χ2n) is 11.6. The first-order valence-electron chi connectivity index (χ1n) is 14.5. The Hall–Kier alpha value is -5.14. The molecule has 1 nitrogen and oxygen atoms in total. The molecule has 1 N–H and O–H groups in total. The van der Waals surface area contributed by atoms with E-state index in [1.807, 2.05) is 6.07 Å². The van der Waals surface area contributed by atoms with Crippen LogP contribution >= 0.6 is 0 Å². The number of hydrogen-bond acceptors (Lipinski definition) is 1. The lowest BCUT2D eigenvalue weighted by atomic mass is 9.81. The Bertz CT molecular complexity index is 1910. The highest BCUT2D eigenvalue weighted by molar-refractivity contribution is 5.86. The van der Waals surface area contributed by atoms with Crippen molar-refractivity contribution < 1.29 is 0 Å². The van der Waals surface area contributed by atoms with Gasteiger partial charge in [0.1, 0.15) is 0 Å². The van der Waals surface area contributed by atoms with Crippen LogP contribution in [0, 0.1) is 0 Å². The summed E-state index contributed by atoms with van der Waals surface area (Å²) < 4.78 is 0. The minimum absolute atomic E-state index is 0.0171. The van der Waals surface area contributed by atoms with Crippen molar-refractivity contribution in [2.24, 2.45) is 0 Å². The van der Waals surface area contributed by atoms with Gasteiger partial charge < -0.3 is 5.32 Å². The predicted octanol–water partition coefficient (Wildman–Crippen LogP) is 11.1. The van der Waals surface area contributed by atoms with E-state index in [9.17, 15) is 0 Å². The summed E-state index contributed by atoms with van der Waals surface area (Å²) in [7, 11) is 0. The highest BCUT2D eigenvalue weighted by Crippen LogP contribution is 2.49. The molecule has 0 heterocycles. The molecule has 0 spiro atoms. The summed E-state index contributed by atoms with van der Waals surface area (Å²) in [4.78, 5) is 0. The lowest BCUT2D eigenvalue weighted by molar-refractivity contribution is 0.660. The summed E-state index contributed by atoms with van der Waals surface area (Å²) in [6, 6.07) is 51.9. The molecule has 0 radical (unpaired) electrons. The highest BCUT2D eigenvalue weighted by atomic mass is 14.9. The van der Waals surface area contributed by atoms with Gasteiger partial charge in [-0.25, -0.2) is 0 Å². The third-order valence-electron chi connectivity index (χ3n) is 8.67. The molecular formula is C41H33N. The average molecular weight is 540 g/mol. The van der Waals surface area contributed by atoms with Crippen molar-refractivity contribution in [3.63, 3.8) is 0 Å². The van der Waals surface area contributed by atoms with E-state index in [4.69, 9.17) is 0 Å². The largest absolute Gasteiger partial charge is 0.355 e. The zero-order valence-electron chi connectivity index (χ0n) is 24.1. The molecule has 1 aliphatic carbocycles. The Labute approximate surface area is 248 Å². The van der Waals surface area contributed by atoms with Gasteiger partial charge in [0.15, 0.2) is 0 Å². The lowest BCUT2D eigenvalue weighted by Gasteiger charge is -2.22. The first-order valence-corrected chi connectivity index (χ1v) is 14.5. The van der Waals surface area contributed by atoms with Gasteiger partial charge in [-0.15, -0.1) is 0 Å². The van der Waals surface area contributed by atoms with Crippen LogP contribution in [0.4, 0.5) is 11.4 Å². The van der Waals surface area contributed by atoms with Crippen LogP contribution in [0.3, 0.4) is 0 Å². The first-order chi connectivity index (χ1) is 20.5. The molecular weight excluding hydrogens is 506 g/mol. The maximum atomic E-state index is 4.49. The molecule has 0 unspecified atom stereocenters. The number of nitrogens with one attached hydrogen (secondary N) is 1. The van der Waals surface area contributed by atoms with Crippen molar-refractivity contribution in [1.29, 1.82) is 0 Å². The summed E-state index contributed by atoms with van der Waals surface area (Å²) in [6.45, 7) is 9.13. The monoisotopic (exact) mass is 539 g/mol. The standard InChI is InChI=1S/C41H33N/c1-28(33-23-26-37-36-14-7-9-15-38(36)41(2,3)39(37)27-33)29-17-19-30(20-18-29)31-21-24-34(25-22-31)42-40-16-10-8-13-35(40)32-11-5-4-6-12-32/h4-27,42H,1H2,2-3H3. The number of rotatable bonds is 6. The smallest absolute Gasteiger partial charge is 0.0463 e. The topological polar surface area (TPSA) is 12.0 Å². The number of benzene rings is 6. The number of para-hydroxylation sites is 1. The highest BCUT2D eigenvalue weighted by Gasteiger charge is 2.35. The fraction of sp³-hybridized carbons (Fsp3) is 0.0732. The Morgan fingerprint density at radius 1 is 0.500 bits per heavy atom. The fourth-order valence-corrected chi connectivity index (χ4v) is 6.29. The van der Waals surface area contributed by atoms with Gasteiger partial charge in [0.2, 0.25) is 0 Å². The van der Waals surface area contributed by atoms with Crippen LogP contribution in [0.2, 0.25) is 0 Å². The first kappa shape index (κ1) is 25.8. The van der Waals surface area contributed by atoms with Gasteiger partial charge in [0, 0.05) is 22.4 Å². The predicted molar refractivity (Wildman–Crippen MR) is 179 cm³/mol. The van der Waals surface area contributed by atoms with Crippen molar-refractivity contribution in [3.05, 3.63) is 174 Å². The van der Waals surface area contributed by atoms with E-state index in [0.29, 0.717) is 0 Å². The summed E-state index contributed by atoms with van der Waals surface area (Å²) in [5.41, 5.74) is 15.7. The number of anilines is 2. The maximum absolute atomic E-state index is 4.49. The lowest BCUT2D eigenvalue weighted by Crippen LogP contribution is -2.15. The summed E-state index contributed by atoms with van der Waals surface area (Å²) in [6.07, 6.45) is 0. The van der Waals surface area contributed by atoms with Crippen LogP contribution in [0.1, 0.15) is 36.1 Å². The average Bonchev–Trinajstić information content (AvgIpc) is 3.28. The van der Waals surface area contributed by atoms with Crippen LogP contribution in [0.15, 0.2) is 152 Å². The van der Waals surface area contributed by atoms with E-state index in [-0.39, 0.29) is 5.41 Å². The van der Waals surface area contributed by atoms with Crippen LogP contribution in [-0.4, -0.2) is 0 Å². The molecule has 6 aromatic carbocycles. The van der Waals surface area contributed by atoms with Crippen LogP contribution in [0.25, 0.3) is 39.0 Å². The van der Waals surface area contributed by atoms with Crippen molar-refractivity contribution in [1.82, 2.24) is 0 Å².